The van der Waals surface area contributed by atoms with Gasteiger partial charge in [0.05, 0.1) is 12.5 Å². The van der Waals surface area contributed by atoms with Crippen molar-refractivity contribution in [1.82, 2.24) is 10.6 Å². The molecular weight excluding hydrogens is 289 g/mol. The molecule has 6 nitrogen and oxygen atoms in total. The van der Waals surface area contributed by atoms with E-state index < -0.39 is 11.7 Å². The van der Waals surface area contributed by atoms with Crippen molar-refractivity contribution in [1.29, 1.82) is 0 Å². The van der Waals surface area contributed by atoms with Gasteiger partial charge < -0.3 is 20.7 Å². The van der Waals surface area contributed by atoms with Gasteiger partial charge in [0.2, 0.25) is 11.8 Å². The summed E-state index contributed by atoms with van der Waals surface area (Å²) >= 11 is 0. The summed E-state index contributed by atoms with van der Waals surface area (Å²) in [5, 5.41) is 8.49. The molecule has 1 atom stereocenters. The van der Waals surface area contributed by atoms with Gasteiger partial charge in [-0.25, -0.2) is 4.39 Å². The molecule has 0 radical (unpaired) electrons. The van der Waals surface area contributed by atoms with Gasteiger partial charge in [0, 0.05) is 38.9 Å². The minimum Gasteiger partial charge on any atom is -0.383 e. The number of fused-ring (bicyclic) bond motifs is 1. The van der Waals surface area contributed by atoms with E-state index >= 15 is 0 Å². The Bertz CT molecular complexity index is 551. The van der Waals surface area contributed by atoms with E-state index in [-0.39, 0.29) is 18.2 Å². The van der Waals surface area contributed by atoms with E-state index in [1.54, 1.807) is 13.2 Å². The van der Waals surface area contributed by atoms with Crippen molar-refractivity contribution in [2.75, 3.05) is 38.7 Å². The van der Waals surface area contributed by atoms with E-state index in [1.807, 2.05) is 0 Å². The SMILES string of the molecule is COCCNCCNC(=O)C1CC(=O)Nc2cc(F)ccc21. The van der Waals surface area contributed by atoms with Crippen LogP contribution in [0.25, 0.3) is 0 Å². The van der Waals surface area contributed by atoms with Gasteiger partial charge in [-0.05, 0) is 17.7 Å². The molecule has 1 aromatic rings. The fourth-order valence-electron chi connectivity index (χ4n) is 2.37. The first-order chi connectivity index (χ1) is 10.6. The van der Waals surface area contributed by atoms with Gasteiger partial charge in [0.25, 0.3) is 0 Å². The average Bonchev–Trinajstić information content (AvgIpc) is 2.49. The van der Waals surface area contributed by atoms with E-state index in [1.165, 1.54) is 12.1 Å². The molecule has 3 N–H and O–H groups in total. The smallest absolute Gasteiger partial charge is 0.228 e. The maximum Gasteiger partial charge on any atom is 0.228 e. The number of rotatable bonds is 7. The van der Waals surface area contributed by atoms with Crippen LogP contribution in [0.5, 0.6) is 0 Å². The number of benzene rings is 1. The first-order valence-electron chi connectivity index (χ1n) is 7.18. The molecule has 7 heteroatoms. The van der Waals surface area contributed by atoms with Crippen molar-refractivity contribution >= 4 is 17.5 Å². The molecule has 1 aliphatic rings. The monoisotopic (exact) mass is 309 g/mol. The highest BCUT2D eigenvalue weighted by Crippen LogP contribution is 2.32. The number of carbonyl (C=O) groups excluding carboxylic acids is 2. The Morgan fingerprint density at radius 1 is 1.41 bits per heavy atom. The summed E-state index contributed by atoms with van der Waals surface area (Å²) in [5.74, 6) is -1.53. The lowest BCUT2D eigenvalue weighted by Gasteiger charge is -2.24. The van der Waals surface area contributed by atoms with Crippen LogP contribution in [0.3, 0.4) is 0 Å². The van der Waals surface area contributed by atoms with Crippen LogP contribution in [-0.4, -0.2) is 45.2 Å². The molecule has 22 heavy (non-hydrogen) atoms. The van der Waals surface area contributed by atoms with Gasteiger partial charge in [-0.1, -0.05) is 6.07 Å². The third-order valence-corrected chi connectivity index (χ3v) is 3.45. The Kier molecular flexibility index (Phi) is 5.85. The molecule has 1 aliphatic heterocycles. The fraction of sp³-hybridized carbons (Fsp3) is 0.467. The van der Waals surface area contributed by atoms with E-state index in [2.05, 4.69) is 16.0 Å². The largest absolute Gasteiger partial charge is 0.383 e. The maximum atomic E-state index is 13.2. The number of carbonyl (C=O) groups is 2. The van der Waals surface area contributed by atoms with Crippen LogP contribution < -0.4 is 16.0 Å². The Morgan fingerprint density at radius 3 is 3.00 bits per heavy atom. The number of hydrogen-bond acceptors (Lipinski definition) is 4. The van der Waals surface area contributed by atoms with Crippen LogP contribution in [0.1, 0.15) is 17.9 Å². The van der Waals surface area contributed by atoms with E-state index in [0.29, 0.717) is 37.5 Å². The average molecular weight is 309 g/mol. The highest BCUT2D eigenvalue weighted by atomic mass is 19.1. The van der Waals surface area contributed by atoms with Crippen LogP contribution in [0.15, 0.2) is 18.2 Å². The first-order valence-corrected chi connectivity index (χ1v) is 7.18. The summed E-state index contributed by atoms with van der Waals surface area (Å²) in [5.41, 5.74) is 1.01. The highest BCUT2D eigenvalue weighted by Gasteiger charge is 2.30. The molecule has 0 fully saturated rings. The third-order valence-electron chi connectivity index (χ3n) is 3.45. The number of methoxy groups -OCH3 is 1. The molecule has 1 heterocycles. The Labute approximate surface area is 128 Å². The standard InChI is InChI=1S/C15H20FN3O3/c1-22-7-6-17-4-5-18-15(21)12-9-14(20)19-13-8-10(16)2-3-11(12)13/h2-3,8,12,17H,4-7,9H2,1H3,(H,18,21)(H,19,20). The summed E-state index contributed by atoms with van der Waals surface area (Å²) in [7, 11) is 1.62. The molecule has 1 unspecified atom stereocenters. The summed E-state index contributed by atoms with van der Waals surface area (Å²) < 4.78 is 18.1. The zero-order valence-electron chi connectivity index (χ0n) is 12.4. The van der Waals surface area contributed by atoms with Crippen LogP contribution in [0.4, 0.5) is 10.1 Å². The quantitative estimate of drug-likeness (QED) is 0.645. The van der Waals surface area contributed by atoms with Crippen molar-refractivity contribution in [3.05, 3.63) is 29.6 Å². The zero-order valence-corrected chi connectivity index (χ0v) is 12.4. The molecule has 0 aromatic heterocycles. The highest BCUT2D eigenvalue weighted by molar-refractivity contribution is 6.01. The molecule has 0 aliphatic carbocycles. The van der Waals surface area contributed by atoms with Crippen molar-refractivity contribution in [2.24, 2.45) is 0 Å². The fourth-order valence-corrected chi connectivity index (χ4v) is 2.37. The van der Waals surface area contributed by atoms with Crippen LogP contribution >= 0.6 is 0 Å². The minimum absolute atomic E-state index is 0.0710. The molecular formula is C15H20FN3O3. The first kappa shape index (κ1) is 16.4. The summed E-state index contributed by atoms with van der Waals surface area (Å²) in [6.45, 7) is 2.39. The predicted octanol–water partition coefficient (Wildman–Crippen LogP) is 0.604. The zero-order chi connectivity index (χ0) is 15.9. The Balaban J connectivity index is 1.91. The van der Waals surface area contributed by atoms with Gasteiger partial charge in [-0.2, -0.15) is 0 Å². The molecule has 0 saturated heterocycles. The molecule has 0 bridgehead atoms. The number of ether oxygens (including phenoxy) is 1. The van der Waals surface area contributed by atoms with Crippen molar-refractivity contribution < 1.29 is 18.7 Å². The second-order valence-electron chi connectivity index (χ2n) is 5.07. The number of amides is 2. The van der Waals surface area contributed by atoms with Gasteiger partial charge in [0.1, 0.15) is 5.82 Å². The number of hydrogen-bond donors (Lipinski definition) is 3. The Morgan fingerprint density at radius 2 is 2.23 bits per heavy atom. The predicted molar refractivity (Wildman–Crippen MR) is 80.1 cm³/mol. The van der Waals surface area contributed by atoms with E-state index in [9.17, 15) is 14.0 Å². The van der Waals surface area contributed by atoms with Gasteiger partial charge in [0.15, 0.2) is 0 Å². The summed E-state index contributed by atoms with van der Waals surface area (Å²) in [4.78, 5) is 23.9. The normalized spacial score (nSPS) is 16.8. The molecule has 120 valence electrons. The van der Waals surface area contributed by atoms with Gasteiger partial charge in [-0.15, -0.1) is 0 Å². The van der Waals surface area contributed by atoms with Crippen LogP contribution in [0.2, 0.25) is 0 Å². The van der Waals surface area contributed by atoms with E-state index in [4.69, 9.17) is 4.74 Å². The topological polar surface area (TPSA) is 79.5 Å². The summed E-state index contributed by atoms with van der Waals surface area (Å²) in [6, 6.07) is 4.08. The lowest BCUT2D eigenvalue weighted by Crippen LogP contribution is -2.38. The summed E-state index contributed by atoms with van der Waals surface area (Å²) in [6.07, 6.45) is 0.0710. The van der Waals surface area contributed by atoms with Gasteiger partial charge >= 0.3 is 0 Å². The lowest BCUT2D eigenvalue weighted by molar-refractivity contribution is -0.126. The van der Waals surface area contributed by atoms with E-state index in [0.717, 1.165) is 0 Å². The lowest BCUT2D eigenvalue weighted by atomic mass is 9.89. The number of nitrogens with one attached hydrogen (secondary N) is 3. The van der Waals surface area contributed by atoms with Crippen molar-refractivity contribution in [2.45, 2.75) is 12.3 Å². The second-order valence-corrected chi connectivity index (χ2v) is 5.07. The molecule has 2 rings (SSSR count). The van der Waals surface area contributed by atoms with Crippen molar-refractivity contribution in [3.8, 4) is 0 Å². The van der Waals surface area contributed by atoms with Crippen LogP contribution in [-0.2, 0) is 14.3 Å². The third kappa shape index (κ3) is 4.25. The molecule has 2 amide bonds. The number of halogens is 1. The Hall–Kier alpha value is -1.99. The van der Waals surface area contributed by atoms with Crippen LogP contribution in [0, 0.1) is 5.82 Å². The minimum atomic E-state index is -0.580. The molecule has 1 aromatic carbocycles. The number of anilines is 1. The maximum absolute atomic E-state index is 13.2. The molecule has 0 spiro atoms. The molecule has 0 saturated carbocycles. The van der Waals surface area contributed by atoms with Crippen molar-refractivity contribution in [3.63, 3.8) is 0 Å². The second kappa shape index (κ2) is 7.86. The van der Waals surface area contributed by atoms with Gasteiger partial charge in [-0.3, -0.25) is 9.59 Å².